The number of alkyl halides is 3. The molecule has 0 unspecified atom stereocenters. The Hall–Kier alpha value is 0.790. The average Bonchev–Trinajstić information content (AvgIpc) is 1.84. The van der Waals surface area contributed by atoms with Crippen molar-refractivity contribution in [3.63, 3.8) is 0 Å². The van der Waals surface area contributed by atoms with E-state index in [1.165, 1.54) is 0 Å². The normalized spacial score (nSPS) is 13.5. The molecule has 0 atom stereocenters. The van der Waals surface area contributed by atoms with Crippen LogP contribution in [0.1, 0.15) is 32.6 Å². The third-order valence-electron chi connectivity index (χ3n) is 1.60. The second kappa shape index (κ2) is 4.87. The molecule has 0 aromatic carbocycles. The zero-order chi connectivity index (χ0) is 9.83. The summed E-state index contributed by atoms with van der Waals surface area (Å²) in [6.45, 7) is 1.69. The molecule has 0 fully saturated rings. The van der Waals surface area contributed by atoms with Crippen LogP contribution in [0.15, 0.2) is 0 Å². The summed E-state index contributed by atoms with van der Waals surface area (Å²) in [6.07, 6.45) is 1.34. The van der Waals surface area contributed by atoms with Crippen molar-refractivity contribution in [3.8, 4) is 0 Å². The Kier molecular flexibility index (Phi) is 5.19. The first-order chi connectivity index (χ1) is 5.27. The molecule has 0 radical (unpaired) electrons. The highest BCUT2D eigenvalue weighted by Crippen LogP contribution is 2.32. The SMILES string of the molecule is CCC(O)(O)CCCC(Cl)(Cl)Cl. The van der Waals surface area contributed by atoms with Gasteiger partial charge in [-0.25, -0.2) is 0 Å². The quantitative estimate of drug-likeness (QED) is 0.581. The first-order valence-electron chi connectivity index (χ1n) is 3.78. The van der Waals surface area contributed by atoms with E-state index in [-0.39, 0.29) is 12.8 Å². The summed E-state index contributed by atoms with van der Waals surface area (Å²) in [5.41, 5.74) is 0. The third-order valence-corrected chi connectivity index (χ3v) is 2.17. The van der Waals surface area contributed by atoms with Gasteiger partial charge in [0.15, 0.2) is 9.58 Å². The van der Waals surface area contributed by atoms with Gasteiger partial charge in [-0.05, 0) is 19.3 Å². The van der Waals surface area contributed by atoms with Crippen molar-refractivity contribution in [3.05, 3.63) is 0 Å². The van der Waals surface area contributed by atoms with Gasteiger partial charge in [0.1, 0.15) is 0 Å². The molecule has 0 rings (SSSR count). The van der Waals surface area contributed by atoms with Gasteiger partial charge in [-0.15, -0.1) is 0 Å². The Morgan fingerprint density at radius 1 is 1.08 bits per heavy atom. The van der Waals surface area contributed by atoms with Gasteiger partial charge in [-0.2, -0.15) is 0 Å². The predicted molar refractivity (Wildman–Crippen MR) is 51.6 cm³/mol. The molecular formula is C7H13Cl3O2. The van der Waals surface area contributed by atoms with Crippen molar-refractivity contribution in [2.24, 2.45) is 0 Å². The lowest BCUT2D eigenvalue weighted by Gasteiger charge is -2.20. The molecule has 0 bridgehead atoms. The molecule has 2 nitrogen and oxygen atoms in total. The molecule has 0 spiro atoms. The highest BCUT2D eigenvalue weighted by atomic mass is 35.6. The maximum atomic E-state index is 9.15. The van der Waals surface area contributed by atoms with E-state index in [2.05, 4.69) is 0 Å². The Balaban J connectivity index is 3.57. The Morgan fingerprint density at radius 3 is 1.92 bits per heavy atom. The van der Waals surface area contributed by atoms with Crippen molar-refractivity contribution >= 4 is 34.8 Å². The van der Waals surface area contributed by atoms with Crippen LogP contribution in [0.4, 0.5) is 0 Å². The van der Waals surface area contributed by atoms with Gasteiger partial charge in [-0.3, -0.25) is 0 Å². The molecule has 0 aromatic rings. The van der Waals surface area contributed by atoms with Gasteiger partial charge < -0.3 is 10.2 Å². The van der Waals surface area contributed by atoms with Crippen LogP contribution in [-0.4, -0.2) is 19.8 Å². The minimum Gasteiger partial charge on any atom is -0.366 e. The van der Waals surface area contributed by atoms with Crippen LogP contribution in [0.5, 0.6) is 0 Å². The summed E-state index contributed by atoms with van der Waals surface area (Å²) >= 11 is 16.4. The summed E-state index contributed by atoms with van der Waals surface area (Å²) in [5.74, 6) is -1.62. The third kappa shape index (κ3) is 7.44. The fourth-order valence-corrected chi connectivity index (χ4v) is 1.15. The van der Waals surface area contributed by atoms with E-state index >= 15 is 0 Å². The molecule has 0 aliphatic rings. The van der Waals surface area contributed by atoms with Crippen LogP contribution < -0.4 is 0 Å². The summed E-state index contributed by atoms with van der Waals surface area (Å²) in [7, 11) is 0. The zero-order valence-corrected chi connectivity index (χ0v) is 9.12. The van der Waals surface area contributed by atoms with Gasteiger partial charge in [0, 0.05) is 6.42 Å². The lowest BCUT2D eigenvalue weighted by Crippen LogP contribution is -2.26. The van der Waals surface area contributed by atoms with Gasteiger partial charge in [0.05, 0.1) is 0 Å². The molecule has 74 valence electrons. The van der Waals surface area contributed by atoms with E-state index in [0.29, 0.717) is 12.8 Å². The second-order valence-electron chi connectivity index (χ2n) is 2.80. The highest BCUT2D eigenvalue weighted by Gasteiger charge is 2.24. The summed E-state index contributed by atoms with van der Waals surface area (Å²) in [5, 5.41) is 18.3. The number of hydrogen-bond acceptors (Lipinski definition) is 2. The van der Waals surface area contributed by atoms with E-state index < -0.39 is 9.58 Å². The fourth-order valence-electron chi connectivity index (χ4n) is 0.749. The number of rotatable bonds is 4. The second-order valence-corrected chi connectivity index (χ2v) is 5.32. The van der Waals surface area contributed by atoms with Gasteiger partial charge in [-0.1, -0.05) is 41.7 Å². The van der Waals surface area contributed by atoms with Crippen LogP contribution in [0.2, 0.25) is 0 Å². The number of hydrogen-bond donors (Lipinski definition) is 2. The molecular weight excluding hydrogens is 222 g/mol. The first kappa shape index (κ1) is 12.8. The van der Waals surface area contributed by atoms with Crippen LogP contribution in [-0.2, 0) is 0 Å². The lowest BCUT2D eigenvalue weighted by atomic mass is 10.1. The van der Waals surface area contributed by atoms with Crippen LogP contribution in [0, 0.1) is 0 Å². The lowest BCUT2D eigenvalue weighted by molar-refractivity contribution is -0.167. The number of aliphatic hydroxyl groups is 2. The largest absolute Gasteiger partial charge is 0.366 e. The van der Waals surface area contributed by atoms with Crippen LogP contribution >= 0.6 is 34.8 Å². The maximum Gasteiger partial charge on any atom is 0.190 e. The van der Waals surface area contributed by atoms with E-state index in [1.807, 2.05) is 0 Å². The molecule has 2 N–H and O–H groups in total. The standard InChI is InChI=1S/C7H13Cl3O2/c1-2-6(11,12)4-3-5-7(8,9)10/h11-12H,2-5H2,1H3. The molecule has 0 aliphatic heterocycles. The average molecular weight is 236 g/mol. The van der Waals surface area contributed by atoms with Crippen molar-refractivity contribution in [1.82, 2.24) is 0 Å². The van der Waals surface area contributed by atoms with Crippen LogP contribution in [0.25, 0.3) is 0 Å². The minimum atomic E-state index is -1.62. The van der Waals surface area contributed by atoms with E-state index in [0.717, 1.165) is 0 Å². The monoisotopic (exact) mass is 234 g/mol. The molecule has 12 heavy (non-hydrogen) atoms. The first-order valence-corrected chi connectivity index (χ1v) is 4.92. The smallest absolute Gasteiger partial charge is 0.190 e. The molecule has 0 heterocycles. The molecule has 0 aromatic heterocycles. The van der Waals surface area contributed by atoms with Crippen molar-refractivity contribution in [1.29, 1.82) is 0 Å². The Labute approximate surface area is 87.4 Å². The van der Waals surface area contributed by atoms with E-state index in [4.69, 9.17) is 45.0 Å². The van der Waals surface area contributed by atoms with Crippen LogP contribution in [0.3, 0.4) is 0 Å². The van der Waals surface area contributed by atoms with Crippen molar-refractivity contribution in [2.75, 3.05) is 0 Å². The maximum absolute atomic E-state index is 9.15. The fraction of sp³-hybridized carbons (Fsp3) is 1.00. The van der Waals surface area contributed by atoms with Crippen molar-refractivity contribution < 1.29 is 10.2 Å². The topological polar surface area (TPSA) is 40.5 Å². The molecule has 5 heteroatoms. The van der Waals surface area contributed by atoms with Gasteiger partial charge in [0.2, 0.25) is 0 Å². The Bertz CT molecular complexity index is 131. The summed E-state index contributed by atoms with van der Waals surface area (Å²) < 4.78 is -1.29. The summed E-state index contributed by atoms with van der Waals surface area (Å²) in [6, 6.07) is 0. The molecule has 0 saturated carbocycles. The zero-order valence-electron chi connectivity index (χ0n) is 6.86. The Morgan fingerprint density at radius 2 is 1.58 bits per heavy atom. The van der Waals surface area contributed by atoms with Gasteiger partial charge in [0.25, 0.3) is 0 Å². The highest BCUT2D eigenvalue weighted by molar-refractivity contribution is 6.67. The predicted octanol–water partition coefficient (Wildman–Crippen LogP) is 2.62. The number of halogens is 3. The molecule has 0 saturated heterocycles. The van der Waals surface area contributed by atoms with E-state index in [9.17, 15) is 0 Å². The summed E-state index contributed by atoms with van der Waals surface area (Å²) in [4.78, 5) is 0. The van der Waals surface area contributed by atoms with Gasteiger partial charge >= 0.3 is 0 Å². The minimum absolute atomic E-state index is 0.234. The molecule has 0 aliphatic carbocycles. The van der Waals surface area contributed by atoms with Crippen molar-refractivity contribution in [2.45, 2.75) is 42.2 Å². The van der Waals surface area contributed by atoms with E-state index in [1.54, 1.807) is 6.92 Å². The molecule has 0 amide bonds.